The van der Waals surface area contributed by atoms with Crippen LogP contribution in [0.15, 0.2) is 81.7 Å². The van der Waals surface area contributed by atoms with Gasteiger partial charge in [0.1, 0.15) is 11.8 Å². The average Bonchev–Trinajstić information content (AvgIpc) is 2.86. The van der Waals surface area contributed by atoms with E-state index in [2.05, 4.69) is 57.9 Å². The van der Waals surface area contributed by atoms with Crippen LogP contribution in [0, 0.1) is 0 Å². The summed E-state index contributed by atoms with van der Waals surface area (Å²) in [6.45, 7) is 6.52. The van der Waals surface area contributed by atoms with Gasteiger partial charge in [-0.3, -0.25) is 9.59 Å². The Labute approximate surface area is 230 Å². The summed E-state index contributed by atoms with van der Waals surface area (Å²) < 4.78 is 7.67. The van der Waals surface area contributed by atoms with E-state index in [9.17, 15) is 9.59 Å². The van der Waals surface area contributed by atoms with E-state index >= 15 is 0 Å². The number of ether oxygens (including phenoxy) is 1. The van der Waals surface area contributed by atoms with Crippen LogP contribution in [0.25, 0.3) is 0 Å². The summed E-state index contributed by atoms with van der Waals surface area (Å²) >= 11 is 7.03. The molecule has 0 aliphatic rings. The highest BCUT2D eigenvalue weighted by Crippen LogP contribution is 2.31. The topological polar surface area (TPSA) is 58.6 Å². The van der Waals surface area contributed by atoms with Gasteiger partial charge in [-0.2, -0.15) is 0 Å². The normalized spacial score (nSPS) is 12.1. The standard InChI is InChI=1S/C29H32Br2N2O3/c1-29(2,3)22-12-15-26(24(31)17-22)36-19-27(34)33(18-21-10-13-23(30)14-11-21)25(28(35)32-4)16-20-8-6-5-7-9-20/h5-15,17,25H,16,18-19H2,1-4H3,(H,32,35)/t25-/m1/s1. The van der Waals surface area contributed by atoms with E-state index in [1.807, 2.05) is 72.8 Å². The molecule has 0 fully saturated rings. The summed E-state index contributed by atoms with van der Waals surface area (Å²) in [6, 6.07) is 22.6. The average molecular weight is 616 g/mol. The van der Waals surface area contributed by atoms with Crippen LogP contribution in [0.1, 0.15) is 37.5 Å². The molecule has 1 N–H and O–H groups in total. The summed E-state index contributed by atoms with van der Waals surface area (Å²) in [5.41, 5.74) is 3.05. The van der Waals surface area contributed by atoms with Crippen molar-refractivity contribution in [3.05, 3.63) is 98.4 Å². The first-order valence-corrected chi connectivity index (χ1v) is 13.4. The number of carbonyl (C=O) groups is 2. The molecule has 3 aromatic carbocycles. The molecule has 0 unspecified atom stereocenters. The molecule has 0 saturated heterocycles. The number of nitrogens with zero attached hydrogens (tertiary/aromatic N) is 1. The maximum absolute atomic E-state index is 13.6. The maximum Gasteiger partial charge on any atom is 0.261 e. The van der Waals surface area contributed by atoms with Crippen molar-refractivity contribution in [1.29, 1.82) is 0 Å². The van der Waals surface area contributed by atoms with E-state index in [4.69, 9.17) is 4.74 Å². The number of halogens is 2. The number of benzene rings is 3. The van der Waals surface area contributed by atoms with Crippen LogP contribution in [-0.4, -0.2) is 36.4 Å². The monoisotopic (exact) mass is 614 g/mol. The van der Waals surface area contributed by atoms with Crippen LogP contribution in [-0.2, 0) is 28.0 Å². The summed E-state index contributed by atoms with van der Waals surface area (Å²) in [7, 11) is 1.59. The molecule has 0 aliphatic heterocycles. The lowest BCUT2D eigenvalue weighted by molar-refractivity contribution is -0.142. The van der Waals surface area contributed by atoms with E-state index in [1.165, 1.54) is 0 Å². The summed E-state index contributed by atoms with van der Waals surface area (Å²) in [4.78, 5) is 28.2. The van der Waals surface area contributed by atoms with Crippen LogP contribution in [0.3, 0.4) is 0 Å². The van der Waals surface area contributed by atoms with Crippen LogP contribution >= 0.6 is 31.9 Å². The van der Waals surface area contributed by atoms with Crippen molar-refractivity contribution >= 4 is 43.7 Å². The predicted molar refractivity (Wildman–Crippen MR) is 151 cm³/mol. The Morgan fingerprint density at radius 1 is 0.944 bits per heavy atom. The smallest absolute Gasteiger partial charge is 0.261 e. The van der Waals surface area contributed by atoms with Crippen molar-refractivity contribution < 1.29 is 14.3 Å². The highest BCUT2D eigenvalue weighted by Gasteiger charge is 2.30. The van der Waals surface area contributed by atoms with E-state index < -0.39 is 6.04 Å². The zero-order valence-electron chi connectivity index (χ0n) is 21.1. The Balaban J connectivity index is 1.86. The molecule has 0 spiro atoms. The lowest BCUT2D eigenvalue weighted by atomic mass is 9.87. The molecule has 0 bridgehead atoms. The van der Waals surface area contributed by atoms with Gasteiger partial charge in [0.25, 0.3) is 5.91 Å². The van der Waals surface area contributed by atoms with Gasteiger partial charge in [0.15, 0.2) is 6.61 Å². The van der Waals surface area contributed by atoms with E-state index in [0.717, 1.165) is 25.6 Å². The zero-order chi connectivity index (χ0) is 26.3. The number of rotatable bonds is 9. The Kier molecular flexibility index (Phi) is 9.74. The molecule has 36 heavy (non-hydrogen) atoms. The molecule has 2 amide bonds. The van der Waals surface area contributed by atoms with Gasteiger partial charge < -0.3 is 15.0 Å². The Hall–Kier alpha value is -2.64. The van der Waals surface area contributed by atoms with Gasteiger partial charge in [0, 0.05) is 24.5 Å². The second-order valence-electron chi connectivity index (χ2n) is 9.65. The lowest BCUT2D eigenvalue weighted by Crippen LogP contribution is -2.51. The van der Waals surface area contributed by atoms with Crippen molar-refractivity contribution in [3.63, 3.8) is 0 Å². The number of hydrogen-bond acceptors (Lipinski definition) is 3. The van der Waals surface area contributed by atoms with Crippen LogP contribution < -0.4 is 10.1 Å². The summed E-state index contributed by atoms with van der Waals surface area (Å²) in [5.74, 6) is 0.0915. The molecule has 0 heterocycles. The van der Waals surface area contributed by atoms with Crippen LogP contribution in [0.2, 0.25) is 0 Å². The van der Waals surface area contributed by atoms with Gasteiger partial charge in [-0.1, -0.05) is 85.2 Å². The molecule has 1 atom stereocenters. The van der Waals surface area contributed by atoms with Gasteiger partial charge >= 0.3 is 0 Å². The molecular formula is C29H32Br2N2O3. The third-order valence-electron chi connectivity index (χ3n) is 5.93. The van der Waals surface area contributed by atoms with Gasteiger partial charge in [-0.25, -0.2) is 0 Å². The largest absolute Gasteiger partial charge is 0.483 e. The molecule has 7 heteroatoms. The Bertz CT molecular complexity index is 1180. The molecule has 0 radical (unpaired) electrons. The number of amides is 2. The summed E-state index contributed by atoms with van der Waals surface area (Å²) in [5, 5.41) is 2.73. The molecule has 0 aromatic heterocycles. The predicted octanol–water partition coefficient (Wildman–Crippen LogP) is 6.27. The lowest BCUT2D eigenvalue weighted by Gasteiger charge is -2.31. The fraction of sp³-hybridized carbons (Fsp3) is 0.310. The highest BCUT2D eigenvalue weighted by molar-refractivity contribution is 9.10. The van der Waals surface area contributed by atoms with Gasteiger partial charge in [-0.15, -0.1) is 0 Å². The van der Waals surface area contributed by atoms with Gasteiger partial charge in [0.2, 0.25) is 5.91 Å². The number of carbonyl (C=O) groups excluding carboxylic acids is 2. The minimum Gasteiger partial charge on any atom is -0.483 e. The van der Waals surface area contributed by atoms with E-state index in [-0.39, 0.29) is 30.4 Å². The maximum atomic E-state index is 13.6. The van der Waals surface area contributed by atoms with Crippen molar-refractivity contribution in [2.75, 3.05) is 13.7 Å². The Morgan fingerprint density at radius 2 is 1.61 bits per heavy atom. The third-order valence-corrected chi connectivity index (χ3v) is 7.08. The zero-order valence-corrected chi connectivity index (χ0v) is 24.2. The molecule has 190 valence electrons. The van der Waals surface area contributed by atoms with E-state index in [1.54, 1.807) is 11.9 Å². The molecule has 3 rings (SSSR count). The summed E-state index contributed by atoms with van der Waals surface area (Å²) in [6.07, 6.45) is 0.396. The third kappa shape index (κ3) is 7.68. The molecule has 3 aromatic rings. The first-order chi connectivity index (χ1) is 17.1. The van der Waals surface area contributed by atoms with Crippen LogP contribution in [0.4, 0.5) is 0 Å². The number of nitrogens with one attached hydrogen (secondary N) is 1. The van der Waals surface area contributed by atoms with E-state index in [0.29, 0.717) is 12.2 Å². The SMILES string of the molecule is CNC(=O)[C@@H](Cc1ccccc1)N(Cc1ccc(Br)cc1)C(=O)COc1ccc(C(C)(C)C)cc1Br. The first kappa shape index (κ1) is 27.9. The van der Waals surface area contributed by atoms with Crippen molar-refractivity contribution in [3.8, 4) is 5.75 Å². The van der Waals surface area contributed by atoms with Crippen molar-refractivity contribution in [1.82, 2.24) is 10.2 Å². The fourth-order valence-electron chi connectivity index (χ4n) is 3.81. The first-order valence-electron chi connectivity index (χ1n) is 11.8. The quantitative estimate of drug-likeness (QED) is 0.308. The van der Waals surface area contributed by atoms with Gasteiger partial charge in [-0.05, 0) is 62.3 Å². The number of hydrogen-bond donors (Lipinski definition) is 1. The number of likely N-dealkylation sites (N-methyl/N-ethyl adjacent to an activating group) is 1. The fourth-order valence-corrected chi connectivity index (χ4v) is 4.57. The molecular weight excluding hydrogens is 584 g/mol. The minimum absolute atomic E-state index is 0.00345. The van der Waals surface area contributed by atoms with Crippen molar-refractivity contribution in [2.45, 2.75) is 45.2 Å². The minimum atomic E-state index is -0.691. The van der Waals surface area contributed by atoms with Crippen LogP contribution in [0.5, 0.6) is 5.75 Å². The van der Waals surface area contributed by atoms with Gasteiger partial charge in [0.05, 0.1) is 4.47 Å². The highest BCUT2D eigenvalue weighted by atomic mass is 79.9. The van der Waals surface area contributed by atoms with Crippen molar-refractivity contribution in [2.24, 2.45) is 0 Å². The molecule has 0 saturated carbocycles. The second kappa shape index (κ2) is 12.5. The second-order valence-corrected chi connectivity index (χ2v) is 11.4. The Morgan fingerprint density at radius 3 is 2.19 bits per heavy atom. The molecule has 0 aliphatic carbocycles. The molecule has 5 nitrogen and oxygen atoms in total.